The summed E-state index contributed by atoms with van der Waals surface area (Å²) in [6.45, 7) is 0. The number of nitro benzene ring substituents is 1. The lowest BCUT2D eigenvalue weighted by Crippen LogP contribution is -2.05. The maximum atomic E-state index is 11.3. The predicted octanol–water partition coefficient (Wildman–Crippen LogP) is 2.19. The van der Waals surface area contributed by atoms with Gasteiger partial charge in [-0.3, -0.25) is 10.1 Å². The molecule has 0 aromatic heterocycles. The van der Waals surface area contributed by atoms with Gasteiger partial charge in [0.2, 0.25) is 0 Å². The van der Waals surface area contributed by atoms with E-state index in [4.69, 9.17) is 0 Å². The van der Waals surface area contributed by atoms with Crippen LogP contribution in [0, 0.1) is 10.1 Å². The Labute approximate surface area is 99.9 Å². The van der Waals surface area contributed by atoms with Crippen LogP contribution in [0.1, 0.15) is 10.4 Å². The van der Waals surface area contributed by atoms with Gasteiger partial charge in [-0.1, -0.05) is 0 Å². The van der Waals surface area contributed by atoms with Crippen molar-refractivity contribution >= 4 is 33.3 Å². The number of carbonyl (C=O) groups excluding carboxylic acids is 1. The summed E-state index contributed by atoms with van der Waals surface area (Å²) in [5.74, 6) is -0.557. The quantitative estimate of drug-likeness (QED) is 0.524. The van der Waals surface area contributed by atoms with Crippen LogP contribution in [-0.4, -0.2) is 25.1 Å². The molecule has 0 atom stereocenters. The largest absolute Gasteiger partial charge is 0.465 e. The van der Waals surface area contributed by atoms with Gasteiger partial charge in [0.15, 0.2) is 0 Å². The van der Waals surface area contributed by atoms with Crippen LogP contribution in [0.3, 0.4) is 0 Å². The number of benzene rings is 1. The third-order valence-corrected chi connectivity index (χ3v) is 2.61. The molecule has 0 saturated carbocycles. The molecule has 0 aliphatic rings. The van der Waals surface area contributed by atoms with E-state index < -0.39 is 10.9 Å². The normalized spacial score (nSPS) is 9.69. The van der Waals surface area contributed by atoms with Crippen molar-refractivity contribution in [2.24, 2.45) is 0 Å². The highest BCUT2D eigenvalue weighted by atomic mass is 79.9. The number of rotatable bonds is 3. The van der Waals surface area contributed by atoms with Crippen LogP contribution >= 0.6 is 15.9 Å². The number of nitro groups is 1. The van der Waals surface area contributed by atoms with Gasteiger partial charge in [-0.2, -0.15) is 0 Å². The summed E-state index contributed by atoms with van der Waals surface area (Å²) < 4.78 is 4.87. The average molecular weight is 289 g/mol. The van der Waals surface area contributed by atoms with E-state index in [9.17, 15) is 14.9 Å². The number of nitrogens with zero attached hydrogens (tertiary/aromatic N) is 1. The number of anilines is 1. The predicted molar refractivity (Wildman–Crippen MR) is 61.7 cm³/mol. The zero-order valence-electron chi connectivity index (χ0n) is 8.61. The Morgan fingerprint density at radius 3 is 2.62 bits per heavy atom. The number of halogens is 1. The molecule has 16 heavy (non-hydrogen) atoms. The average Bonchev–Trinajstić information content (AvgIpc) is 2.27. The van der Waals surface area contributed by atoms with Crippen LogP contribution in [0.25, 0.3) is 0 Å². The number of esters is 1. The van der Waals surface area contributed by atoms with Crippen LogP contribution in [0.15, 0.2) is 16.6 Å². The SMILES string of the molecule is CNc1cc(C(=O)OC)c(Br)cc1[N+](=O)[O-]. The van der Waals surface area contributed by atoms with Gasteiger partial charge in [0.05, 0.1) is 17.6 Å². The molecular weight excluding hydrogens is 280 g/mol. The summed E-state index contributed by atoms with van der Waals surface area (Å²) in [5, 5.41) is 13.4. The van der Waals surface area contributed by atoms with Crippen LogP contribution < -0.4 is 5.32 Å². The fourth-order valence-electron chi connectivity index (χ4n) is 1.18. The van der Waals surface area contributed by atoms with Crippen LogP contribution in [0.4, 0.5) is 11.4 Å². The van der Waals surface area contributed by atoms with Crippen molar-refractivity contribution in [3.8, 4) is 0 Å². The molecule has 0 radical (unpaired) electrons. The van der Waals surface area contributed by atoms with Crippen molar-refractivity contribution in [2.45, 2.75) is 0 Å². The number of ether oxygens (including phenoxy) is 1. The Morgan fingerprint density at radius 2 is 2.19 bits per heavy atom. The third-order valence-electron chi connectivity index (χ3n) is 1.96. The number of hydrogen-bond donors (Lipinski definition) is 1. The van der Waals surface area contributed by atoms with Crippen molar-refractivity contribution in [1.29, 1.82) is 0 Å². The fourth-order valence-corrected chi connectivity index (χ4v) is 1.67. The van der Waals surface area contributed by atoms with Gasteiger partial charge >= 0.3 is 5.97 Å². The minimum absolute atomic E-state index is 0.109. The number of methoxy groups -OCH3 is 1. The first-order valence-corrected chi connectivity index (χ1v) is 5.04. The van der Waals surface area contributed by atoms with Crippen molar-refractivity contribution in [3.63, 3.8) is 0 Å². The van der Waals surface area contributed by atoms with Gasteiger partial charge in [-0.05, 0) is 22.0 Å². The van der Waals surface area contributed by atoms with E-state index in [0.29, 0.717) is 4.47 Å². The summed E-state index contributed by atoms with van der Waals surface area (Å²) in [5.41, 5.74) is 0.382. The Hall–Kier alpha value is -1.63. The molecule has 0 saturated heterocycles. The second-order valence-corrected chi connectivity index (χ2v) is 3.70. The second kappa shape index (κ2) is 4.93. The monoisotopic (exact) mass is 288 g/mol. The lowest BCUT2D eigenvalue weighted by molar-refractivity contribution is -0.384. The van der Waals surface area contributed by atoms with Crippen molar-refractivity contribution in [1.82, 2.24) is 0 Å². The Balaban J connectivity index is 3.37. The van der Waals surface area contributed by atoms with E-state index in [1.165, 1.54) is 26.3 Å². The number of hydrogen-bond acceptors (Lipinski definition) is 5. The van der Waals surface area contributed by atoms with Crippen molar-refractivity contribution < 1.29 is 14.5 Å². The molecule has 1 aromatic carbocycles. The highest BCUT2D eigenvalue weighted by molar-refractivity contribution is 9.10. The van der Waals surface area contributed by atoms with Crippen molar-refractivity contribution in [3.05, 3.63) is 32.3 Å². The molecule has 0 heterocycles. The van der Waals surface area contributed by atoms with Crippen LogP contribution in [0.2, 0.25) is 0 Å². The fraction of sp³-hybridized carbons (Fsp3) is 0.222. The number of carbonyl (C=O) groups is 1. The van der Waals surface area contributed by atoms with Crippen LogP contribution in [0.5, 0.6) is 0 Å². The molecule has 1 aromatic rings. The minimum Gasteiger partial charge on any atom is -0.465 e. The zero-order chi connectivity index (χ0) is 12.3. The maximum absolute atomic E-state index is 11.3. The Morgan fingerprint density at radius 1 is 1.56 bits per heavy atom. The highest BCUT2D eigenvalue weighted by Crippen LogP contribution is 2.31. The summed E-state index contributed by atoms with van der Waals surface area (Å²) in [4.78, 5) is 21.5. The van der Waals surface area contributed by atoms with E-state index >= 15 is 0 Å². The number of nitrogens with one attached hydrogen (secondary N) is 1. The highest BCUT2D eigenvalue weighted by Gasteiger charge is 2.20. The van der Waals surface area contributed by atoms with Gasteiger partial charge in [0, 0.05) is 17.6 Å². The molecule has 86 valence electrons. The van der Waals surface area contributed by atoms with E-state index in [0.717, 1.165) is 0 Å². The zero-order valence-corrected chi connectivity index (χ0v) is 10.2. The minimum atomic E-state index is -0.557. The first kappa shape index (κ1) is 12.4. The van der Waals surface area contributed by atoms with Gasteiger partial charge in [0.25, 0.3) is 5.69 Å². The lowest BCUT2D eigenvalue weighted by Gasteiger charge is -2.06. The summed E-state index contributed by atoms with van der Waals surface area (Å²) in [6.07, 6.45) is 0. The van der Waals surface area contributed by atoms with Gasteiger partial charge in [0.1, 0.15) is 5.69 Å². The smallest absolute Gasteiger partial charge is 0.339 e. The van der Waals surface area contributed by atoms with Gasteiger partial charge in [-0.25, -0.2) is 4.79 Å². The summed E-state index contributed by atoms with van der Waals surface area (Å²) in [7, 11) is 2.78. The molecular formula is C9H9BrN2O4. The summed E-state index contributed by atoms with van der Waals surface area (Å²) >= 11 is 3.09. The first-order valence-electron chi connectivity index (χ1n) is 4.25. The Kier molecular flexibility index (Phi) is 3.83. The van der Waals surface area contributed by atoms with E-state index in [1.54, 1.807) is 0 Å². The Bertz CT molecular complexity index is 447. The second-order valence-electron chi connectivity index (χ2n) is 2.85. The molecule has 0 spiro atoms. The van der Waals surface area contributed by atoms with Crippen LogP contribution in [-0.2, 0) is 4.74 Å². The molecule has 0 unspecified atom stereocenters. The molecule has 1 rings (SSSR count). The third kappa shape index (κ3) is 2.30. The van der Waals surface area contributed by atoms with E-state index in [-0.39, 0.29) is 16.9 Å². The standard InChI is InChI=1S/C9H9BrN2O4/c1-11-7-3-5(9(13)16-2)6(10)4-8(7)12(14)15/h3-4,11H,1-2H3. The van der Waals surface area contributed by atoms with Gasteiger partial charge < -0.3 is 10.1 Å². The first-order chi connectivity index (χ1) is 7.51. The summed E-state index contributed by atoms with van der Waals surface area (Å²) in [6, 6.07) is 2.63. The van der Waals surface area contributed by atoms with E-state index in [2.05, 4.69) is 26.0 Å². The maximum Gasteiger partial charge on any atom is 0.339 e. The molecule has 1 N–H and O–H groups in total. The molecule has 0 aliphatic heterocycles. The molecule has 0 fully saturated rings. The molecule has 6 nitrogen and oxygen atoms in total. The molecule has 0 amide bonds. The van der Waals surface area contributed by atoms with E-state index in [1.807, 2.05) is 0 Å². The molecule has 7 heteroatoms. The molecule has 0 bridgehead atoms. The van der Waals surface area contributed by atoms with Crippen molar-refractivity contribution in [2.75, 3.05) is 19.5 Å². The van der Waals surface area contributed by atoms with Gasteiger partial charge in [-0.15, -0.1) is 0 Å². The topological polar surface area (TPSA) is 81.5 Å². The lowest BCUT2D eigenvalue weighted by atomic mass is 10.1. The molecule has 0 aliphatic carbocycles.